The van der Waals surface area contributed by atoms with E-state index in [2.05, 4.69) is 43.1 Å². The van der Waals surface area contributed by atoms with E-state index in [1.807, 2.05) is 11.7 Å². The summed E-state index contributed by atoms with van der Waals surface area (Å²) >= 11 is 0. The SMILES string of the molecule is Cc1nn(C)c(N(C)C2CCOC2)c1CNCC(C)C. The summed E-state index contributed by atoms with van der Waals surface area (Å²) in [6.45, 7) is 10.1. The highest BCUT2D eigenvalue weighted by atomic mass is 16.5. The molecule has 20 heavy (non-hydrogen) atoms. The lowest BCUT2D eigenvalue weighted by atomic mass is 10.1. The van der Waals surface area contributed by atoms with Gasteiger partial charge in [-0.3, -0.25) is 4.68 Å². The standard InChI is InChI=1S/C15H28N4O/c1-11(2)8-16-9-14-12(3)17-19(5)15(14)18(4)13-6-7-20-10-13/h11,13,16H,6-10H2,1-5H3. The van der Waals surface area contributed by atoms with Crippen molar-refractivity contribution in [3.05, 3.63) is 11.3 Å². The molecule has 1 N–H and O–H groups in total. The van der Waals surface area contributed by atoms with E-state index in [4.69, 9.17) is 4.74 Å². The molecule has 0 aliphatic carbocycles. The first-order valence-electron chi connectivity index (χ1n) is 7.54. The first kappa shape index (κ1) is 15.3. The quantitative estimate of drug-likeness (QED) is 0.861. The third kappa shape index (κ3) is 3.33. The highest BCUT2D eigenvalue weighted by molar-refractivity contribution is 5.50. The minimum absolute atomic E-state index is 0.466. The van der Waals surface area contributed by atoms with Crippen LogP contribution in [0.1, 0.15) is 31.5 Å². The van der Waals surface area contributed by atoms with Crippen molar-refractivity contribution in [3.8, 4) is 0 Å². The largest absolute Gasteiger partial charge is 0.379 e. The van der Waals surface area contributed by atoms with E-state index in [1.54, 1.807) is 0 Å². The molecule has 1 fully saturated rings. The molecule has 0 bridgehead atoms. The Bertz CT molecular complexity index is 435. The van der Waals surface area contributed by atoms with Crippen LogP contribution in [0.25, 0.3) is 0 Å². The summed E-state index contributed by atoms with van der Waals surface area (Å²) in [4.78, 5) is 2.33. The molecule has 114 valence electrons. The fourth-order valence-corrected chi connectivity index (χ4v) is 2.82. The van der Waals surface area contributed by atoms with E-state index in [0.29, 0.717) is 12.0 Å². The molecule has 5 nitrogen and oxygen atoms in total. The monoisotopic (exact) mass is 280 g/mol. The van der Waals surface area contributed by atoms with Gasteiger partial charge in [0.25, 0.3) is 0 Å². The molecule has 0 saturated carbocycles. The minimum atomic E-state index is 0.466. The molecular weight excluding hydrogens is 252 g/mol. The van der Waals surface area contributed by atoms with Crippen LogP contribution in [-0.2, 0) is 18.3 Å². The molecule has 0 aromatic carbocycles. The summed E-state index contributed by atoms with van der Waals surface area (Å²) in [6.07, 6.45) is 1.10. The number of aromatic nitrogens is 2. The summed E-state index contributed by atoms with van der Waals surface area (Å²) in [5.41, 5.74) is 2.42. The first-order valence-corrected chi connectivity index (χ1v) is 7.54. The number of likely N-dealkylation sites (N-methyl/N-ethyl adjacent to an activating group) is 1. The van der Waals surface area contributed by atoms with Crippen molar-refractivity contribution in [2.75, 3.05) is 31.7 Å². The summed E-state index contributed by atoms with van der Waals surface area (Å²) in [5, 5.41) is 8.13. The van der Waals surface area contributed by atoms with Gasteiger partial charge < -0.3 is 15.0 Å². The van der Waals surface area contributed by atoms with Gasteiger partial charge >= 0.3 is 0 Å². The number of ether oxygens (including phenoxy) is 1. The lowest BCUT2D eigenvalue weighted by Crippen LogP contribution is -2.34. The summed E-state index contributed by atoms with van der Waals surface area (Å²) < 4.78 is 7.51. The van der Waals surface area contributed by atoms with Crippen LogP contribution in [0.5, 0.6) is 0 Å². The maximum absolute atomic E-state index is 5.51. The molecule has 0 radical (unpaired) electrons. The Morgan fingerprint density at radius 3 is 2.85 bits per heavy atom. The molecule has 1 saturated heterocycles. The Morgan fingerprint density at radius 1 is 1.50 bits per heavy atom. The smallest absolute Gasteiger partial charge is 0.131 e. The second-order valence-corrected chi connectivity index (χ2v) is 6.16. The fraction of sp³-hybridized carbons (Fsp3) is 0.800. The Labute approximate surface area is 122 Å². The van der Waals surface area contributed by atoms with Crippen LogP contribution >= 0.6 is 0 Å². The van der Waals surface area contributed by atoms with Crippen LogP contribution in [0.4, 0.5) is 5.82 Å². The van der Waals surface area contributed by atoms with E-state index < -0.39 is 0 Å². The number of nitrogens with one attached hydrogen (secondary N) is 1. The van der Waals surface area contributed by atoms with Crippen molar-refractivity contribution < 1.29 is 4.74 Å². The van der Waals surface area contributed by atoms with Gasteiger partial charge in [0.05, 0.1) is 18.3 Å². The highest BCUT2D eigenvalue weighted by Gasteiger charge is 2.25. The highest BCUT2D eigenvalue weighted by Crippen LogP contribution is 2.26. The molecule has 1 aliphatic heterocycles. The molecule has 2 heterocycles. The van der Waals surface area contributed by atoms with Crippen molar-refractivity contribution in [1.29, 1.82) is 0 Å². The van der Waals surface area contributed by atoms with Crippen molar-refractivity contribution >= 4 is 5.82 Å². The predicted molar refractivity (Wildman–Crippen MR) is 82.1 cm³/mol. The second kappa shape index (κ2) is 6.59. The van der Waals surface area contributed by atoms with Gasteiger partial charge in [0.1, 0.15) is 5.82 Å². The molecule has 2 rings (SSSR count). The zero-order valence-electron chi connectivity index (χ0n) is 13.4. The number of hydrogen-bond donors (Lipinski definition) is 1. The van der Waals surface area contributed by atoms with Crippen molar-refractivity contribution in [2.24, 2.45) is 13.0 Å². The molecule has 1 unspecified atom stereocenters. The third-order valence-electron chi connectivity index (χ3n) is 3.96. The first-order chi connectivity index (χ1) is 9.50. The Balaban J connectivity index is 2.13. The molecule has 1 aromatic rings. The zero-order valence-corrected chi connectivity index (χ0v) is 13.4. The average Bonchev–Trinajstić information content (AvgIpc) is 2.97. The van der Waals surface area contributed by atoms with Gasteiger partial charge in [-0.05, 0) is 25.8 Å². The van der Waals surface area contributed by atoms with Crippen LogP contribution in [0.15, 0.2) is 0 Å². The van der Waals surface area contributed by atoms with Gasteiger partial charge in [0, 0.05) is 32.8 Å². The number of nitrogens with zero attached hydrogens (tertiary/aromatic N) is 3. The Morgan fingerprint density at radius 2 is 2.25 bits per heavy atom. The van der Waals surface area contributed by atoms with E-state index in [9.17, 15) is 0 Å². The van der Waals surface area contributed by atoms with Gasteiger partial charge in [-0.25, -0.2) is 0 Å². The van der Waals surface area contributed by atoms with Gasteiger partial charge in [0.2, 0.25) is 0 Å². The van der Waals surface area contributed by atoms with Crippen LogP contribution in [0, 0.1) is 12.8 Å². The lowest BCUT2D eigenvalue weighted by molar-refractivity contribution is 0.193. The van der Waals surface area contributed by atoms with Crippen LogP contribution in [0.2, 0.25) is 0 Å². The minimum Gasteiger partial charge on any atom is -0.379 e. The van der Waals surface area contributed by atoms with Gasteiger partial charge in [-0.15, -0.1) is 0 Å². The molecule has 0 spiro atoms. The number of aryl methyl sites for hydroxylation is 2. The van der Waals surface area contributed by atoms with E-state index in [0.717, 1.165) is 38.4 Å². The average molecular weight is 280 g/mol. The number of hydrogen-bond acceptors (Lipinski definition) is 4. The van der Waals surface area contributed by atoms with Gasteiger partial charge in [0.15, 0.2) is 0 Å². The molecule has 1 atom stereocenters. The molecule has 1 aromatic heterocycles. The number of rotatable bonds is 6. The third-order valence-corrected chi connectivity index (χ3v) is 3.96. The summed E-state index contributed by atoms with van der Waals surface area (Å²) in [7, 11) is 4.18. The van der Waals surface area contributed by atoms with E-state index in [-0.39, 0.29) is 0 Å². The van der Waals surface area contributed by atoms with E-state index >= 15 is 0 Å². The topological polar surface area (TPSA) is 42.3 Å². The molecular formula is C15H28N4O. The van der Waals surface area contributed by atoms with Crippen molar-refractivity contribution in [3.63, 3.8) is 0 Å². The molecule has 5 heteroatoms. The summed E-state index contributed by atoms with van der Waals surface area (Å²) in [5.74, 6) is 1.88. The van der Waals surface area contributed by atoms with Crippen LogP contribution < -0.4 is 10.2 Å². The Hall–Kier alpha value is -1.07. The second-order valence-electron chi connectivity index (χ2n) is 6.16. The summed E-state index contributed by atoms with van der Waals surface area (Å²) in [6, 6.07) is 0.466. The maximum Gasteiger partial charge on any atom is 0.131 e. The maximum atomic E-state index is 5.51. The fourth-order valence-electron chi connectivity index (χ4n) is 2.82. The van der Waals surface area contributed by atoms with Gasteiger partial charge in [-0.2, -0.15) is 5.10 Å². The normalized spacial score (nSPS) is 19.0. The van der Waals surface area contributed by atoms with Gasteiger partial charge in [-0.1, -0.05) is 13.8 Å². The van der Waals surface area contributed by atoms with Crippen molar-refractivity contribution in [2.45, 2.75) is 39.8 Å². The van der Waals surface area contributed by atoms with Crippen LogP contribution in [-0.4, -0.2) is 42.6 Å². The zero-order chi connectivity index (χ0) is 14.7. The van der Waals surface area contributed by atoms with Crippen LogP contribution in [0.3, 0.4) is 0 Å². The lowest BCUT2D eigenvalue weighted by Gasteiger charge is -2.26. The predicted octanol–water partition coefficient (Wildman–Crippen LogP) is 1.70. The number of anilines is 1. The van der Waals surface area contributed by atoms with E-state index in [1.165, 1.54) is 11.4 Å². The Kier molecular flexibility index (Phi) is 5.05. The van der Waals surface area contributed by atoms with Crippen molar-refractivity contribution in [1.82, 2.24) is 15.1 Å². The molecule has 0 amide bonds. The molecule has 1 aliphatic rings.